The Morgan fingerprint density at radius 3 is 2.15 bits per heavy atom. The Morgan fingerprint density at radius 2 is 1.56 bits per heavy atom. The summed E-state index contributed by atoms with van der Waals surface area (Å²) in [6.45, 7) is 21.1. The number of esters is 2. The zero-order valence-corrected chi connectivity index (χ0v) is 43.7. The van der Waals surface area contributed by atoms with Crippen molar-refractivity contribution in [3.05, 3.63) is 23.3 Å². The van der Waals surface area contributed by atoms with E-state index < -0.39 is 79.1 Å². The number of ketones is 2. The predicted octanol–water partition coefficient (Wildman–Crippen LogP) is 7.67. The third-order valence-corrected chi connectivity index (χ3v) is 19.3. The quantitative estimate of drug-likeness (QED) is 0.0943. The molecule has 1 saturated carbocycles. The first-order valence-electron chi connectivity index (χ1n) is 24.6. The number of allylic oxidation sites excluding steroid dienone is 3. The summed E-state index contributed by atoms with van der Waals surface area (Å²) in [5, 5.41) is 11.7. The lowest BCUT2D eigenvalue weighted by Gasteiger charge is -2.47. The van der Waals surface area contributed by atoms with Crippen LogP contribution < -0.4 is 0 Å². The van der Waals surface area contributed by atoms with Crippen LogP contribution in [0.5, 0.6) is 0 Å². The van der Waals surface area contributed by atoms with Gasteiger partial charge in [-0.15, -0.1) is 0 Å². The van der Waals surface area contributed by atoms with Gasteiger partial charge in [0.25, 0.3) is 11.7 Å². The molecule has 15 heteroatoms. The first-order valence-corrected chi connectivity index (χ1v) is 27.6. The van der Waals surface area contributed by atoms with Crippen LogP contribution in [0.2, 0.25) is 18.1 Å². The fraction of sp³-hybridized carbons (Fsp3) is 0.824. The number of cyclic esters (lactones) is 1. The Morgan fingerprint density at radius 1 is 0.924 bits per heavy atom. The third-order valence-electron chi connectivity index (χ3n) is 15.8. The SMILES string of the molecule is CC[C@@H]1/C=C(\C)C[C@H](C)C[C@H](OC)[C@H]2O[C@@](O)(C(=O)C(=O)N3CCCC[C@H]3C(=O)O[C@H](/C(C)=C/C3CC[C@@H](OC(C)=O)[C@H](OC)C3)[C@@H](C)[C@@H](CC(C)(C)[Si](C)(C)O)CC1=O)[C@H](C)C[C@@H]2OC. The van der Waals surface area contributed by atoms with E-state index in [1.165, 1.54) is 11.8 Å². The Balaban J connectivity index is 1.88. The van der Waals surface area contributed by atoms with Crippen molar-refractivity contribution in [3.63, 3.8) is 0 Å². The minimum Gasteiger partial charge on any atom is -0.460 e. The van der Waals surface area contributed by atoms with Crippen molar-refractivity contribution in [1.29, 1.82) is 0 Å². The van der Waals surface area contributed by atoms with Crippen molar-refractivity contribution in [2.45, 2.75) is 206 Å². The smallest absolute Gasteiger partial charge is 0.329 e. The topological polar surface area (TPSA) is 184 Å². The average molecular weight is 948 g/mol. The molecule has 0 aromatic rings. The van der Waals surface area contributed by atoms with E-state index in [4.69, 9.17) is 28.4 Å². The van der Waals surface area contributed by atoms with Crippen molar-refractivity contribution in [2.75, 3.05) is 27.9 Å². The molecule has 0 aromatic heterocycles. The van der Waals surface area contributed by atoms with Gasteiger partial charge in [-0.25, -0.2) is 4.79 Å². The predicted molar refractivity (Wildman–Crippen MR) is 253 cm³/mol. The molecule has 3 aliphatic heterocycles. The Bertz CT molecular complexity index is 1760. The van der Waals surface area contributed by atoms with Gasteiger partial charge in [-0.3, -0.25) is 19.2 Å². The molecule has 14 nitrogen and oxygen atoms in total. The Labute approximate surface area is 396 Å². The summed E-state index contributed by atoms with van der Waals surface area (Å²) in [6.07, 6.45) is 6.38. The van der Waals surface area contributed by atoms with Gasteiger partial charge in [0, 0.05) is 59.0 Å². The van der Waals surface area contributed by atoms with Crippen LogP contribution in [-0.4, -0.2) is 129 Å². The van der Waals surface area contributed by atoms with E-state index >= 15 is 0 Å². The monoisotopic (exact) mass is 948 g/mol. The number of methoxy groups -OCH3 is 3. The van der Waals surface area contributed by atoms with Crippen molar-refractivity contribution in [3.8, 4) is 0 Å². The fourth-order valence-electron chi connectivity index (χ4n) is 11.0. The molecule has 2 saturated heterocycles. The largest absolute Gasteiger partial charge is 0.460 e. The zero-order chi connectivity index (χ0) is 49.5. The lowest BCUT2D eigenvalue weighted by atomic mass is 9.75. The number of fused-ring (bicyclic) bond motifs is 3. The van der Waals surface area contributed by atoms with Crippen LogP contribution in [-0.2, 0) is 52.4 Å². The van der Waals surface area contributed by atoms with Gasteiger partial charge in [0.05, 0.1) is 18.3 Å². The Hall–Kier alpha value is -2.79. The van der Waals surface area contributed by atoms with Crippen molar-refractivity contribution >= 4 is 37.7 Å². The van der Waals surface area contributed by atoms with Crippen LogP contribution in [0.1, 0.15) is 139 Å². The summed E-state index contributed by atoms with van der Waals surface area (Å²) >= 11 is 0. The second-order valence-electron chi connectivity index (χ2n) is 21.6. The van der Waals surface area contributed by atoms with Gasteiger partial charge < -0.3 is 43.2 Å². The average Bonchev–Trinajstić information content (AvgIpc) is 3.25. The molecule has 1 amide bonds. The number of hydrogen-bond acceptors (Lipinski definition) is 13. The maximum absolute atomic E-state index is 14.9. The van der Waals surface area contributed by atoms with Gasteiger partial charge in [0.1, 0.15) is 30.1 Å². The van der Waals surface area contributed by atoms with Crippen LogP contribution in [0, 0.1) is 35.5 Å². The number of hydrogen-bond donors (Lipinski definition) is 2. The molecule has 0 spiro atoms. The highest BCUT2D eigenvalue weighted by Gasteiger charge is 2.57. The number of piperidine rings is 1. The van der Waals surface area contributed by atoms with E-state index in [1.807, 2.05) is 54.6 Å². The number of carbonyl (C=O) groups excluding carboxylic acids is 5. The van der Waals surface area contributed by atoms with Crippen LogP contribution >= 0.6 is 0 Å². The van der Waals surface area contributed by atoms with E-state index in [2.05, 4.69) is 19.1 Å². The van der Waals surface area contributed by atoms with Gasteiger partial charge in [-0.1, -0.05) is 59.3 Å². The van der Waals surface area contributed by atoms with Crippen molar-refractivity contribution in [1.82, 2.24) is 4.90 Å². The summed E-state index contributed by atoms with van der Waals surface area (Å²) in [4.78, 5) is 83.3. The molecule has 2 bridgehead atoms. The highest BCUT2D eigenvalue weighted by atomic mass is 28.4. The maximum Gasteiger partial charge on any atom is 0.329 e. The summed E-state index contributed by atoms with van der Waals surface area (Å²) in [5.74, 6) is -7.60. The van der Waals surface area contributed by atoms with Gasteiger partial charge in [0.2, 0.25) is 5.79 Å². The van der Waals surface area contributed by atoms with Gasteiger partial charge >= 0.3 is 11.9 Å². The number of ether oxygens (including phenoxy) is 6. The molecule has 66 heavy (non-hydrogen) atoms. The normalized spacial score (nSPS) is 37.5. The molecule has 1 unspecified atom stereocenters. The molecule has 3 fully saturated rings. The summed E-state index contributed by atoms with van der Waals surface area (Å²) in [7, 11) is 1.89. The van der Waals surface area contributed by atoms with Gasteiger partial charge in [-0.2, -0.15) is 0 Å². The van der Waals surface area contributed by atoms with Gasteiger partial charge in [0.15, 0.2) is 8.32 Å². The van der Waals surface area contributed by atoms with E-state index in [9.17, 15) is 33.9 Å². The van der Waals surface area contributed by atoms with Crippen molar-refractivity contribution < 1.29 is 62.3 Å². The number of amides is 1. The Kier molecular flexibility index (Phi) is 20.0. The highest BCUT2D eigenvalue weighted by molar-refractivity contribution is 6.72. The molecular formula is C51H85NO13Si. The third kappa shape index (κ3) is 13.5. The minimum absolute atomic E-state index is 0.0130. The molecule has 2 N–H and O–H groups in total. The second kappa shape index (κ2) is 23.7. The molecule has 376 valence electrons. The number of carbonyl (C=O) groups is 5. The number of Topliss-reactive ketones (excluding diaryl/α,β-unsaturated/α-hetero) is 2. The minimum atomic E-state index is -2.81. The summed E-state index contributed by atoms with van der Waals surface area (Å²) in [5.41, 5.74) is 1.80. The first kappa shape index (κ1) is 55.8. The molecule has 0 radical (unpaired) electrons. The maximum atomic E-state index is 14.9. The molecule has 4 aliphatic rings. The number of aliphatic hydroxyl groups is 1. The first-order chi connectivity index (χ1) is 30.8. The summed E-state index contributed by atoms with van der Waals surface area (Å²) < 4.78 is 36.2. The van der Waals surface area contributed by atoms with Crippen molar-refractivity contribution in [2.24, 2.45) is 35.5 Å². The standard InChI is InChI=1S/C51H85NO13Si/c1-15-37-23-30(2)22-31(3)24-43(61-11)46-44(62-12)26-33(5)51(58,65-46)47(55)48(56)52-21-17-16-18-39(52)49(57)64-45(34(6)38(28-40(37)54)29-50(8,9)66(13,14)59)32(4)25-36-19-20-41(63-35(7)53)42(27-36)60-10/h23,25,31,33-34,36-39,41-46,58-59H,15-22,24,26-29H2,1-14H3/b30-23+,32-25+/t31-,33+,34-,36?,37+,38+,39-,41+,42+,43-,44-,45+,46+,51+/m0/s1. The lowest BCUT2D eigenvalue weighted by Crippen LogP contribution is -2.64. The molecule has 14 atom stereocenters. The van der Waals surface area contributed by atoms with Crippen LogP contribution in [0.15, 0.2) is 23.3 Å². The van der Waals surface area contributed by atoms with Crippen LogP contribution in [0.3, 0.4) is 0 Å². The number of rotatable bonds is 10. The van der Waals surface area contributed by atoms with E-state index in [0.717, 1.165) is 11.1 Å². The molecule has 3 heterocycles. The van der Waals surface area contributed by atoms with E-state index in [0.29, 0.717) is 57.8 Å². The van der Waals surface area contributed by atoms with Crippen LogP contribution in [0.4, 0.5) is 0 Å². The van der Waals surface area contributed by atoms with E-state index in [1.54, 1.807) is 28.3 Å². The van der Waals surface area contributed by atoms with E-state index in [-0.39, 0.29) is 73.4 Å². The summed E-state index contributed by atoms with van der Waals surface area (Å²) in [6, 6.07) is -1.13. The number of nitrogens with zero attached hydrogens (tertiary/aromatic N) is 1. The molecule has 1 aliphatic carbocycles. The molecular weight excluding hydrogens is 863 g/mol. The second-order valence-corrected chi connectivity index (χ2v) is 26.0. The zero-order valence-electron chi connectivity index (χ0n) is 42.7. The highest BCUT2D eigenvalue weighted by Crippen LogP contribution is 2.46. The molecule has 0 aromatic carbocycles. The van der Waals surface area contributed by atoms with Gasteiger partial charge in [-0.05, 0) is 126 Å². The molecule has 4 rings (SSSR count). The lowest BCUT2D eigenvalue weighted by molar-refractivity contribution is -0.302. The van der Waals surface area contributed by atoms with Crippen LogP contribution in [0.25, 0.3) is 0 Å². The fourth-order valence-corrected chi connectivity index (χ4v) is 11.7.